The van der Waals surface area contributed by atoms with Crippen molar-refractivity contribution in [3.63, 3.8) is 0 Å². The van der Waals surface area contributed by atoms with Gasteiger partial charge in [0.1, 0.15) is 5.75 Å². The van der Waals surface area contributed by atoms with E-state index in [4.69, 9.17) is 4.74 Å². The molecule has 0 saturated carbocycles. The van der Waals surface area contributed by atoms with E-state index in [0.717, 1.165) is 5.75 Å². The van der Waals surface area contributed by atoms with Gasteiger partial charge in [-0.2, -0.15) is 0 Å². The van der Waals surface area contributed by atoms with Crippen LogP contribution in [0.25, 0.3) is 0 Å². The van der Waals surface area contributed by atoms with Crippen LogP contribution in [0.2, 0.25) is 0 Å². The molecule has 20 heavy (non-hydrogen) atoms. The van der Waals surface area contributed by atoms with Crippen LogP contribution < -0.4 is 10.1 Å². The summed E-state index contributed by atoms with van der Waals surface area (Å²) in [6.45, 7) is 1.49. The summed E-state index contributed by atoms with van der Waals surface area (Å²) in [6.07, 6.45) is 0. The maximum absolute atomic E-state index is 12.0. The minimum atomic E-state index is -0.217. The highest BCUT2D eigenvalue weighted by Crippen LogP contribution is 2.16. The van der Waals surface area contributed by atoms with Crippen molar-refractivity contribution in [2.45, 2.75) is 6.92 Å². The molecule has 0 aromatic heterocycles. The molecule has 4 nitrogen and oxygen atoms in total. The first-order valence-corrected chi connectivity index (χ1v) is 6.16. The van der Waals surface area contributed by atoms with Crippen molar-refractivity contribution in [3.05, 3.63) is 59.7 Å². The molecule has 4 heteroatoms. The number of amides is 1. The van der Waals surface area contributed by atoms with Gasteiger partial charge in [0.15, 0.2) is 5.78 Å². The van der Waals surface area contributed by atoms with E-state index in [1.165, 1.54) is 6.92 Å². The topological polar surface area (TPSA) is 55.4 Å². The average molecular weight is 269 g/mol. The standard InChI is InChI=1S/C16H15NO3/c1-11(18)12-3-5-13(6-4-12)16(19)17-14-7-9-15(20-2)10-8-14/h3-10H,1-2H3,(H,17,19). The van der Waals surface area contributed by atoms with Crippen LogP contribution in [0.15, 0.2) is 48.5 Å². The largest absolute Gasteiger partial charge is 0.497 e. The molecule has 1 amide bonds. The van der Waals surface area contributed by atoms with Crippen LogP contribution >= 0.6 is 0 Å². The molecule has 0 fully saturated rings. The van der Waals surface area contributed by atoms with Gasteiger partial charge < -0.3 is 10.1 Å². The SMILES string of the molecule is COc1ccc(NC(=O)c2ccc(C(C)=O)cc2)cc1. The third-order valence-electron chi connectivity index (χ3n) is 2.90. The number of benzene rings is 2. The Kier molecular flexibility index (Phi) is 4.15. The minimum absolute atomic E-state index is 0.0212. The molecule has 0 atom stereocenters. The van der Waals surface area contributed by atoms with Crippen LogP contribution in [0, 0.1) is 0 Å². The van der Waals surface area contributed by atoms with Crippen molar-refractivity contribution in [2.24, 2.45) is 0 Å². The smallest absolute Gasteiger partial charge is 0.255 e. The third-order valence-corrected chi connectivity index (χ3v) is 2.90. The van der Waals surface area contributed by atoms with E-state index in [-0.39, 0.29) is 11.7 Å². The Bertz CT molecular complexity index is 615. The maximum Gasteiger partial charge on any atom is 0.255 e. The molecule has 0 aliphatic carbocycles. The Morgan fingerprint density at radius 3 is 1.95 bits per heavy atom. The summed E-state index contributed by atoms with van der Waals surface area (Å²) >= 11 is 0. The molecule has 0 aliphatic heterocycles. The molecule has 0 spiro atoms. The summed E-state index contributed by atoms with van der Waals surface area (Å²) in [4.78, 5) is 23.2. The monoisotopic (exact) mass is 269 g/mol. The highest BCUT2D eigenvalue weighted by molar-refractivity contribution is 6.05. The van der Waals surface area contributed by atoms with E-state index in [1.807, 2.05) is 0 Å². The number of nitrogens with one attached hydrogen (secondary N) is 1. The molecule has 0 bridgehead atoms. The molecular formula is C16H15NO3. The Labute approximate surface area is 117 Å². The molecule has 0 unspecified atom stereocenters. The van der Waals surface area contributed by atoms with E-state index >= 15 is 0 Å². The predicted octanol–water partition coefficient (Wildman–Crippen LogP) is 3.15. The number of Topliss-reactive ketones (excluding diaryl/α,β-unsaturated/α-hetero) is 1. The quantitative estimate of drug-likeness (QED) is 0.867. The first-order chi connectivity index (χ1) is 9.60. The molecule has 1 N–H and O–H groups in total. The van der Waals surface area contributed by atoms with Gasteiger partial charge in [-0.15, -0.1) is 0 Å². The number of anilines is 1. The van der Waals surface area contributed by atoms with Gasteiger partial charge in [0, 0.05) is 16.8 Å². The van der Waals surface area contributed by atoms with Gasteiger partial charge in [-0.25, -0.2) is 0 Å². The molecule has 102 valence electrons. The van der Waals surface area contributed by atoms with Crippen molar-refractivity contribution in [1.29, 1.82) is 0 Å². The zero-order valence-electron chi connectivity index (χ0n) is 11.3. The number of ketones is 1. The molecule has 0 radical (unpaired) electrons. The van der Waals surface area contributed by atoms with E-state index in [2.05, 4.69) is 5.32 Å². The third kappa shape index (κ3) is 3.23. The average Bonchev–Trinajstić information content (AvgIpc) is 2.48. The lowest BCUT2D eigenvalue weighted by molar-refractivity contribution is 0.101. The fourth-order valence-corrected chi connectivity index (χ4v) is 1.73. The number of hydrogen-bond acceptors (Lipinski definition) is 3. The highest BCUT2D eigenvalue weighted by atomic mass is 16.5. The summed E-state index contributed by atoms with van der Waals surface area (Å²) < 4.78 is 5.05. The van der Waals surface area contributed by atoms with Gasteiger partial charge >= 0.3 is 0 Å². The minimum Gasteiger partial charge on any atom is -0.497 e. The Balaban J connectivity index is 2.08. The van der Waals surface area contributed by atoms with Crippen LogP contribution in [0.3, 0.4) is 0 Å². The first-order valence-electron chi connectivity index (χ1n) is 6.16. The lowest BCUT2D eigenvalue weighted by Crippen LogP contribution is -2.11. The number of carbonyl (C=O) groups is 2. The number of carbonyl (C=O) groups excluding carboxylic acids is 2. The van der Waals surface area contributed by atoms with E-state index in [1.54, 1.807) is 55.6 Å². The normalized spacial score (nSPS) is 9.90. The molecular weight excluding hydrogens is 254 g/mol. The first kappa shape index (κ1) is 13.8. The van der Waals surface area contributed by atoms with Crippen molar-refractivity contribution >= 4 is 17.4 Å². The summed E-state index contributed by atoms with van der Waals surface area (Å²) in [7, 11) is 1.59. The van der Waals surface area contributed by atoms with Crippen molar-refractivity contribution in [1.82, 2.24) is 0 Å². The fourth-order valence-electron chi connectivity index (χ4n) is 1.73. The Morgan fingerprint density at radius 1 is 0.900 bits per heavy atom. The molecule has 2 aromatic carbocycles. The molecule has 0 saturated heterocycles. The van der Waals surface area contributed by atoms with Crippen LogP contribution in [0.1, 0.15) is 27.6 Å². The second kappa shape index (κ2) is 6.02. The lowest BCUT2D eigenvalue weighted by atomic mass is 10.1. The summed E-state index contributed by atoms with van der Waals surface area (Å²) in [5.41, 5.74) is 1.78. The van der Waals surface area contributed by atoms with E-state index in [0.29, 0.717) is 16.8 Å². The van der Waals surface area contributed by atoms with Gasteiger partial charge in [0.2, 0.25) is 0 Å². The van der Waals surface area contributed by atoms with Gasteiger partial charge in [0.05, 0.1) is 7.11 Å². The van der Waals surface area contributed by atoms with E-state index < -0.39 is 0 Å². The summed E-state index contributed by atoms with van der Waals surface area (Å²) in [6, 6.07) is 13.6. The summed E-state index contributed by atoms with van der Waals surface area (Å²) in [5.74, 6) is 0.492. The lowest BCUT2D eigenvalue weighted by Gasteiger charge is -2.06. The van der Waals surface area contributed by atoms with Gasteiger partial charge in [-0.1, -0.05) is 12.1 Å². The van der Waals surface area contributed by atoms with Crippen LogP contribution in [0.5, 0.6) is 5.75 Å². The number of hydrogen-bond donors (Lipinski definition) is 1. The number of rotatable bonds is 4. The van der Waals surface area contributed by atoms with Crippen molar-refractivity contribution in [2.75, 3.05) is 12.4 Å². The number of methoxy groups -OCH3 is 1. The maximum atomic E-state index is 12.0. The van der Waals surface area contributed by atoms with Crippen molar-refractivity contribution < 1.29 is 14.3 Å². The number of ether oxygens (including phenoxy) is 1. The van der Waals surface area contributed by atoms with Crippen LogP contribution in [0.4, 0.5) is 5.69 Å². The Hall–Kier alpha value is -2.62. The molecule has 2 rings (SSSR count). The van der Waals surface area contributed by atoms with Gasteiger partial charge in [0.25, 0.3) is 5.91 Å². The fraction of sp³-hybridized carbons (Fsp3) is 0.125. The zero-order valence-corrected chi connectivity index (χ0v) is 11.3. The van der Waals surface area contributed by atoms with Gasteiger partial charge in [-0.05, 0) is 43.3 Å². The second-order valence-electron chi connectivity index (χ2n) is 4.32. The zero-order chi connectivity index (χ0) is 14.5. The predicted molar refractivity (Wildman–Crippen MR) is 77.4 cm³/mol. The van der Waals surface area contributed by atoms with E-state index in [9.17, 15) is 9.59 Å². The van der Waals surface area contributed by atoms with Crippen molar-refractivity contribution in [3.8, 4) is 5.75 Å². The van der Waals surface area contributed by atoms with Crippen LogP contribution in [-0.2, 0) is 0 Å². The molecule has 0 heterocycles. The van der Waals surface area contributed by atoms with Crippen LogP contribution in [-0.4, -0.2) is 18.8 Å². The molecule has 0 aliphatic rings. The second-order valence-corrected chi connectivity index (χ2v) is 4.32. The highest BCUT2D eigenvalue weighted by Gasteiger charge is 2.07. The van der Waals surface area contributed by atoms with Gasteiger partial charge in [-0.3, -0.25) is 9.59 Å². The Morgan fingerprint density at radius 2 is 1.45 bits per heavy atom. The summed E-state index contributed by atoms with van der Waals surface area (Å²) in [5, 5.41) is 2.78. The molecule has 2 aromatic rings.